The van der Waals surface area contributed by atoms with Crippen LogP contribution in [0.3, 0.4) is 0 Å². The average Bonchev–Trinajstić information content (AvgIpc) is 0.838. The highest BCUT2D eigenvalue weighted by molar-refractivity contribution is 5.80. The minimum atomic E-state index is -1.07. The second-order valence-corrected chi connectivity index (χ2v) is 24.7. The number of rotatable bonds is 89. The summed E-state index contributed by atoms with van der Waals surface area (Å²) >= 11 is 0. The van der Waals surface area contributed by atoms with Crippen LogP contribution in [0.25, 0.3) is 0 Å². The lowest BCUT2D eigenvalue weighted by atomic mass is 9.92. The maximum Gasteiger partial charge on any atom is 0.312 e. The quantitative estimate of drug-likeness (QED) is 0.0303. The zero-order valence-corrected chi connectivity index (χ0v) is 67.5. The molecule has 0 heterocycles. The van der Waals surface area contributed by atoms with E-state index in [1.165, 1.54) is 0 Å². The van der Waals surface area contributed by atoms with Gasteiger partial charge in [0.05, 0.1) is 342 Å². The van der Waals surface area contributed by atoms with Gasteiger partial charge in [-0.1, -0.05) is 121 Å². The van der Waals surface area contributed by atoms with Crippen LogP contribution >= 0.6 is 0 Å². The molecule has 114 heavy (non-hydrogen) atoms. The summed E-state index contributed by atoms with van der Waals surface area (Å²) in [5, 5.41) is 0. The molecule has 0 spiro atoms. The summed E-state index contributed by atoms with van der Waals surface area (Å²) in [7, 11) is 0. The van der Waals surface area contributed by atoms with E-state index in [-0.39, 0.29) is 52.7 Å². The van der Waals surface area contributed by atoms with Gasteiger partial charge in [0.2, 0.25) is 0 Å². The van der Waals surface area contributed by atoms with E-state index in [0.717, 1.165) is 29.5 Å². The smallest absolute Gasteiger partial charge is 0.312 e. The highest BCUT2D eigenvalue weighted by Gasteiger charge is 2.35. The van der Waals surface area contributed by atoms with E-state index in [4.69, 9.17) is 133 Å². The second kappa shape index (κ2) is 81.5. The summed E-state index contributed by atoms with van der Waals surface area (Å²) in [6, 6.07) is 39.1. The van der Waals surface area contributed by atoms with Crippen molar-refractivity contribution in [2.45, 2.75) is 45.2 Å². The van der Waals surface area contributed by atoms with Crippen LogP contribution in [0.4, 0.5) is 0 Å². The molecular weight excluding hydrogens is 1490 g/mol. The maximum absolute atomic E-state index is 13.9. The summed E-state index contributed by atoms with van der Waals surface area (Å²) in [4.78, 5) is 27.3. The summed E-state index contributed by atoms with van der Waals surface area (Å²) in [6.45, 7) is 22.3. The lowest BCUT2D eigenvalue weighted by Gasteiger charge is -2.26. The molecule has 0 bridgehead atoms. The topological polar surface area (TPSA) is 293 Å². The zero-order valence-electron chi connectivity index (χ0n) is 67.5. The highest BCUT2D eigenvalue weighted by atomic mass is 16.6. The molecule has 0 fully saturated rings. The molecule has 0 saturated carbocycles. The van der Waals surface area contributed by atoms with Gasteiger partial charge in [0.15, 0.2) is 0 Å². The Balaban J connectivity index is 0.875. The van der Waals surface area contributed by atoms with Crippen LogP contribution in [0.1, 0.15) is 47.6 Å². The number of benzene rings is 4. The lowest BCUT2D eigenvalue weighted by Crippen LogP contribution is -2.31. The van der Waals surface area contributed by atoms with Gasteiger partial charge in [-0.05, 0) is 35.1 Å². The van der Waals surface area contributed by atoms with Gasteiger partial charge < -0.3 is 133 Å². The predicted octanol–water partition coefficient (Wildman–Crippen LogP) is 7.63. The highest BCUT2D eigenvalue weighted by Crippen LogP contribution is 2.30. The molecule has 2 unspecified atom stereocenters. The molecule has 30 heteroatoms. The SMILES string of the molecule is O=C(CC(C(=O)OCCOCCOCCOCCOCc1ccccc1)C(OCCOCCOCCOCCOCCOCCOCCOCCOCCCCOCCOCCOCCOCCOCCOCCOCCOCCOCc1ccccc1)c1ccccc1)OCCOCCOCCOCCOCc1ccccc1. The minimum Gasteiger partial charge on any atom is -0.463 e. The largest absolute Gasteiger partial charge is 0.463 e. The van der Waals surface area contributed by atoms with Crippen molar-refractivity contribution in [1.29, 1.82) is 0 Å². The van der Waals surface area contributed by atoms with E-state index in [1.54, 1.807) is 0 Å². The normalized spacial score (nSPS) is 12.1. The molecule has 30 nitrogen and oxygen atoms in total. The Morgan fingerprint density at radius 2 is 0.395 bits per heavy atom. The van der Waals surface area contributed by atoms with E-state index in [9.17, 15) is 9.59 Å². The Kier molecular flexibility index (Phi) is 72.3. The molecule has 0 aliphatic heterocycles. The number of hydrogen-bond acceptors (Lipinski definition) is 30. The van der Waals surface area contributed by atoms with E-state index < -0.39 is 24.0 Å². The molecule has 4 aromatic rings. The van der Waals surface area contributed by atoms with Gasteiger partial charge in [-0.3, -0.25) is 9.59 Å². The number of unbranched alkanes of at least 4 members (excludes halogenated alkanes) is 1. The van der Waals surface area contributed by atoms with Gasteiger partial charge in [-0.25, -0.2) is 0 Å². The van der Waals surface area contributed by atoms with Crippen LogP contribution in [0.15, 0.2) is 121 Å². The van der Waals surface area contributed by atoms with Crippen molar-refractivity contribution in [3.8, 4) is 0 Å². The molecule has 4 rings (SSSR count). The number of carbonyl (C=O) groups excluding carboxylic acids is 2. The van der Waals surface area contributed by atoms with Gasteiger partial charge in [-0.15, -0.1) is 0 Å². The lowest BCUT2D eigenvalue weighted by molar-refractivity contribution is -0.164. The van der Waals surface area contributed by atoms with Crippen LogP contribution in [-0.4, -0.2) is 342 Å². The Morgan fingerprint density at radius 3 is 0.640 bits per heavy atom. The molecule has 0 saturated heterocycles. The summed E-state index contributed by atoms with van der Waals surface area (Å²) in [6.07, 6.45) is 0.615. The first-order valence-corrected chi connectivity index (χ1v) is 40.2. The van der Waals surface area contributed by atoms with Crippen molar-refractivity contribution in [2.75, 3.05) is 330 Å². The van der Waals surface area contributed by atoms with E-state index in [2.05, 4.69) is 0 Å². The molecular formula is C84H134O30. The van der Waals surface area contributed by atoms with Gasteiger partial charge in [0.1, 0.15) is 13.2 Å². The summed E-state index contributed by atoms with van der Waals surface area (Å²) < 4.78 is 158. The third kappa shape index (κ3) is 65.8. The van der Waals surface area contributed by atoms with Crippen molar-refractivity contribution in [3.63, 3.8) is 0 Å². The number of carbonyl (C=O) groups is 2. The van der Waals surface area contributed by atoms with E-state index >= 15 is 0 Å². The average molecular weight is 1620 g/mol. The molecule has 2 atom stereocenters. The fourth-order valence-corrected chi connectivity index (χ4v) is 9.82. The number of esters is 2. The Hall–Kier alpha value is -5.22. The van der Waals surface area contributed by atoms with Crippen molar-refractivity contribution in [1.82, 2.24) is 0 Å². The van der Waals surface area contributed by atoms with Crippen molar-refractivity contribution in [3.05, 3.63) is 144 Å². The fraction of sp³-hybridized carbons (Fsp3) is 0.690. The van der Waals surface area contributed by atoms with Crippen molar-refractivity contribution in [2.24, 2.45) is 5.92 Å². The first-order valence-electron chi connectivity index (χ1n) is 40.2. The zero-order chi connectivity index (χ0) is 80.2. The minimum absolute atomic E-state index is 0.0298. The monoisotopic (exact) mass is 1620 g/mol. The third-order valence-corrected chi connectivity index (χ3v) is 15.6. The van der Waals surface area contributed by atoms with Crippen LogP contribution < -0.4 is 0 Å². The van der Waals surface area contributed by atoms with Crippen LogP contribution in [0.2, 0.25) is 0 Å². The molecule has 0 aromatic heterocycles. The molecule has 0 aliphatic carbocycles. The standard InChI is InChI=1S/C84H134O30/c85-82(112-70-67-106-58-55-101-50-53-104-62-65-110-75-78-17-7-2-8-18-78)73-81(84(86)114-72-69-108-60-57-102-51-54-105-63-66-111-76-79-19-9-3-10-20-79)83(80-21-11-4-12-22-80)113-71-68-107-59-56-100-48-47-98-44-43-96-40-38-94-36-34-92-32-30-90-28-26-88-24-14-13-23-87-25-27-89-29-31-91-33-35-93-37-39-95-41-42-97-45-46-99-49-52-103-61-64-109-74-77-15-5-1-6-16-77/h1-12,15-22,81,83H,13-14,23-76H2. The van der Waals surface area contributed by atoms with E-state index in [0.29, 0.717) is 309 Å². The molecule has 0 radical (unpaired) electrons. The number of ether oxygens (including phenoxy) is 28. The summed E-state index contributed by atoms with van der Waals surface area (Å²) in [5.41, 5.74) is 4.04. The third-order valence-electron chi connectivity index (χ3n) is 15.6. The van der Waals surface area contributed by atoms with Gasteiger partial charge in [0, 0.05) is 13.2 Å². The summed E-state index contributed by atoms with van der Waals surface area (Å²) in [5.74, 6) is -2.33. The second-order valence-electron chi connectivity index (χ2n) is 24.7. The van der Waals surface area contributed by atoms with Crippen LogP contribution in [-0.2, 0) is 162 Å². The molecule has 0 aliphatic rings. The van der Waals surface area contributed by atoms with Gasteiger partial charge in [-0.2, -0.15) is 0 Å². The van der Waals surface area contributed by atoms with Crippen molar-refractivity contribution >= 4 is 11.9 Å². The predicted molar refractivity (Wildman–Crippen MR) is 421 cm³/mol. The van der Waals surface area contributed by atoms with Crippen LogP contribution in [0, 0.1) is 5.92 Å². The van der Waals surface area contributed by atoms with Gasteiger partial charge in [0.25, 0.3) is 0 Å². The van der Waals surface area contributed by atoms with E-state index in [1.807, 2.05) is 121 Å². The maximum atomic E-state index is 13.9. The first kappa shape index (κ1) is 101. The number of hydrogen-bond donors (Lipinski definition) is 0. The Bertz CT molecular complexity index is 2620. The van der Waals surface area contributed by atoms with Crippen LogP contribution in [0.5, 0.6) is 0 Å². The Morgan fingerprint density at radius 1 is 0.202 bits per heavy atom. The molecule has 0 N–H and O–H groups in total. The van der Waals surface area contributed by atoms with Gasteiger partial charge >= 0.3 is 11.9 Å². The Labute approximate surface area is 676 Å². The first-order chi connectivity index (χ1) is 56.7. The molecule has 4 aromatic carbocycles. The fourth-order valence-electron chi connectivity index (χ4n) is 9.82. The molecule has 650 valence electrons. The molecule has 0 amide bonds. The van der Waals surface area contributed by atoms with Crippen molar-refractivity contribution < 1.29 is 142 Å².